The van der Waals surface area contributed by atoms with Crippen molar-refractivity contribution < 1.29 is 14.9 Å². The molecule has 3 nitrogen and oxygen atoms in total. The standard InChI is InChI=1S/C16H15O3/c1-12(11-19-18)14-8-5-9-15(10-14)16(17)13-6-3-2-4-7-13/h2-12,18H,1H3/q-1/p-1. The Kier molecular flexibility index (Phi) is 4.44. The monoisotopic (exact) mass is 254 g/mol. The predicted octanol–water partition coefficient (Wildman–Crippen LogP) is 2.47. The normalized spacial score (nSPS) is 12.1. The average molecular weight is 254 g/mol. The van der Waals surface area contributed by atoms with Crippen LogP contribution in [0.25, 0.3) is 0 Å². The second-order valence-corrected chi connectivity index (χ2v) is 4.34. The third-order valence-electron chi connectivity index (χ3n) is 2.97. The topological polar surface area (TPSA) is 49.4 Å². The van der Waals surface area contributed by atoms with E-state index in [1.165, 1.54) is 6.61 Å². The predicted molar refractivity (Wildman–Crippen MR) is 70.1 cm³/mol. The first-order valence-corrected chi connectivity index (χ1v) is 6.04. The molecule has 0 amide bonds. The summed E-state index contributed by atoms with van der Waals surface area (Å²) in [5, 5.41) is 10.1. The Morgan fingerprint density at radius 3 is 2.47 bits per heavy atom. The van der Waals surface area contributed by atoms with Crippen LogP contribution >= 0.6 is 0 Å². The first-order valence-electron chi connectivity index (χ1n) is 6.04. The van der Waals surface area contributed by atoms with Gasteiger partial charge in [-0.05, 0) is 0 Å². The molecule has 1 unspecified atom stereocenters. The van der Waals surface area contributed by atoms with Crippen molar-refractivity contribution in [1.29, 1.82) is 0 Å². The summed E-state index contributed by atoms with van der Waals surface area (Å²) < 4.78 is 0. The van der Waals surface area contributed by atoms with E-state index in [1.54, 1.807) is 30.3 Å². The largest absolute Gasteiger partial charge is 0.759 e. The number of ketones is 1. The summed E-state index contributed by atoms with van der Waals surface area (Å²) in [6.07, 6.45) is 0. The van der Waals surface area contributed by atoms with Gasteiger partial charge >= 0.3 is 0 Å². The summed E-state index contributed by atoms with van der Waals surface area (Å²) in [5.74, 6) is -0.182. The van der Waals surface area contributed by atoms with Crippen LogP contribution in [0.3, 0.4) is 0 Å². The van der Waals surface area contributed by atoms with Crippen molar-refractivity contribution in [3.63, 3.8) is 0 Å². The van der Waals surface area contributed by atoms with E-state index in [4.69, 9.17) is 0 Å². The summed E-state index contributed by atoms with van der Waals surface area (Å²) >= 11 is 0. The van der Waals surface area contributed by atoms with Gasteiger partial charge in [0.25, 0.3) is 0 Å². The Hall–Kier alpha value is -1.97. The Bertz CT molecular complexity index is 549. The Labute approximate surface area is 112 Å². The molecule has 19 heavy (non-hydrogen) atoms. The number of hydrogen-bond donors (Lipinski definition) is 0. The van der Waals surface area contributed by atoms with Gasteiger partial charge in [-0.2, -0.15) is 0 Å². The van der Waals surface area contributed by atoms with Gasteiger partial charge < -0.3 is 10.1 Å². The zero-order valence-corrected chi connectivity index (χ0v) is 10.6. The maximum absolute atomic E-state index is 12.3. The lowest BCUT2D eigenvalue weighted by atomic mass is 9.96. The van der Waals surface area contributed by atoms with Crippen molar-refractivity contribution >= 4 is 5.78 Å². The molecule has 3 heteroatoms. The fraction of sp³-hybridized carbons (Fsp3) is 0.125. The van der Waals surface area contributed by atoms with Gasteiger partial charge in [-0.25, -0.2) is 6.61 Å². The Morgan fingerprint density at radius 1 is 1.11 bits per heavy atom. The lowest BCUT2D eigenvalue weighted by molar-refractivity contribution is -0.676. The highest BCUT2D eigenvalue weighted by molar-refractivity contribution is 6.09. The fourth-order valence-corrected chi connectivity index (χ4v) is 1.88. The third kappa shape index (κ3) is 3.28. The van der Waals surface area contributed by atoms with E-state index in [0.717, 1.165) is 5.56 Å². The molecule has 0 radical (unpaired) electrons. The van der Waals surface area contributed by atoms with Crippen LogP contribution in [0.5, 0.6) is 0 Å². The van der Waals surface area contributed by atoms with Crippen molar-refractivity contribution in [2.24, 2.45) is 0 Å². The minimum Gasteiger partial charge on any atom is -0.759 e. The van der Waals surface area contributed by atoms with Gasteiger partial charge in [-0.3, -0.25) is 4.79 Å². The van der Waals surface area contributed by atoms with E-state index in [2.05, 4.69) is 4.89 Å². The van der Waals surface area contributed by atoms with E-state index in [0.29, 0.717) is 11.1 Å². The Morgan fingerprint density at radius 2 is 1.79 bits per heavy atom. The number of benzene rings is 2. The van der Waals surface area contributed by atoms with E-state index < -0.39 is 0 Å². The molecule has 0 saturated heterocycles. The van der Waals surface area contributed by atoms with E-state index in [-0.39, 0.29) is 11.7 Å². The highest BCUT2D eigenvalue weighted by atomic mass is 17.1. The van der Waals surface area contributed by atoms with Crippen molar-refractivity contribution in [2.75, 3.05) is 0 Å². The third-order valence-corrected chi connectivity index (χ3v) is 2.97. The summed E-state index contributed by atoms with van der Waals surface area (Å²) in [4.78, 5) is 16.1. The Balaban J connectivity index is 2.26. The fourth-order valence-electron chi connectivity index (χ4n) is 1.88. The summed E-state index contributed by atoms with van der Waals surface area (Å²) in [6, 6.07) is 16.3. The van der Waals surface area contributed by atoms with Crippen LogP contribution < -0.4 is 5.26 Å². The number of hydrogen-bond acceptors (Lipinski definition) is 3. The van der Waals surface area contributed by atoms with Crippen molar-refractivity contribution in [3.05, 3.63) is 77.9 Å². The molecular formula is C16H14O3-2. The molecular weight excluding hydrogens is 240 g/mol. The van der Waals surface area contributed by atoms with E-state index in [1.807, 2.05) is 31.2 Å². The highest BCUT2D eigenvalue weighted by Gasteiger charge is 2.09. The molecule has 0 saturated carbocycles. The number of carbonyl (C=O) groups excluding carboxylic acids is 1. The zero-order valence-electron chi connectivity index (χ0n) is 10.6. The van der Waals surface area contributed by atoms with Crippen molar-refractivity contribution in [3.8, 4) is 0 Å². The first kappa shape index (κ1) is 13.5. The van der Waals surface area contributed by atoms with Crippen LogP contribution in [-0.2, 0) is 4.89 Å². The summed E-state index contributed by atoms with van der Waals surface area (Å²) in [5.41, 5.74) is 2.13. The number of carbonyl (C=O) groups is 1. The molecule has 0 bridgehead atoms. The van der Waals surface area contributed by atoms with Crippen LogP contribution in [0.1, 0.15) is 34.3 Å². The quantitative estimate of drug-likeness (QED) is 0.356. The van der Waals surface area contributed by atoms with Crippen molar-refractivity contribution in [2.45, 2.75) is 12.8 Å². The van der Waals surface area contributed by atoms with Crippen LogP contribution in [-0.4, -0.2) is 5.78 Å². The molecule has 0 fully saturated rings. The molecule has 0 aliphatic rings. The van der Waals surface area contributed by atoms with Crippen LogP contribution in [0.2, 0.25) is 0 Å². The van der Waals surface area contributed by atoms with Crippen LogP contribution in [0.4, 0.5) is 0 Å². The van der Waals surface area contributed by atoms with Gasteiger partial charge in [0.2, 0.25) is 0 Å². The lowest BCUT2D eigenvalue weighted by Gasteiger charge is -2.27. The molecule has 2 aromatic rings. The second-order valence-electron chi connectivity index (χ2n) is 4.34. The smallest absolute Gasteiger partial charge is 0.193 e. The zero-order chi connectivity index (χ0) is 13.7. The van der Waals surface area contributed by atoms with Gasteiger partial charge in [-0.1, -0.05) is 67.1 Å². The van der Waals surface area contributed by atoms with Gasteiger partial charge in [-0.15, -0.1) is 5.92 Å². The first-order chi connectivity index (χ1) is 9.22. The number of rotatable bonds is 5. The lowest BCUT2D eigenvalue weighted by Crippen LogP contribution is -2.08. The molecule has 0 aliphatic carbocycles. The molecule has 0 spiro atoms. The maximum atomic E-state index is 12.3. The average Bonchev–Trinajstić information content (AvgIpc) is 2.48. The molecule has 0 heterocycles. The molecule has 1 atom stereocenters. The van der Waals surface area contributed by atoms with Gasteiger partial charge in [0, 0.05) is 11.1 Å². The van der Waals surface area contributed by atoms with Gasteiger partial charge in [0.05, 0.1) is 0 Å². The minimum absolute atomic E-state index is 0.0299. The second kappa shape index (κ2) is 6.27. The molecule has 2 rings (SSSR count). The maximum Gasteiger partial charge on any atom is 0.193 e. The van der Waals surface area contributed by atoms with E-state index >= 15 is 0 Å². The summed E-state index contributed by atoms with van der Waals surface area (Å²) in [6.45, 7) is 3.04. The van der Waals surface area contributed by atoms with Gasteiger partial charge in [0.1, 0.15) is 0 Å². The molecule has 98 valence electrons. The van der Waals surface area contributed by atoms with Gasteiger partial charge in [0.15, 0.2) is 5.78 Å². The van der Waals surface area contributed by atoms with Crippen molar-refractivity contribution in [1.82, 2.24) is 0 Å². The molecule has 2 aromatic carbocycles. The molecule has 0 aromatic heterocycles. The molecule has 0 N–H and O–H groups in total. The molecule has 0 aliphatic heterocycles. The van der Waals surface area contributed by atoms with E-state index in [9.17, 15) is 10.1 Å². The summed E-state index contributed by atoms with van der Waals surface area (Å²) in [7, 11) is 0. The van der Waals surface area contributed by atoms with Crippen LogP contribution in [0, 0.1) is 6.61 Å². The SMILES string of the molecule is CC([CH-]O[O-])c1cccc(C(=O)c2ccccc2)c1. The minimum atomic E-state index is -0.152. The highest BCUT2D eigenvalue weighted by Crippen LogP contribution is 2.20. The van der Waals surface area contributed by atoms with Crippen LogP contribution in [0.15, 0.2) is 54.6 Å².